The second-order valence-corrected chi connectivity index (χ2v) is 6.11. The zero-order chi connectivity index (χ0) is 14.0. The number of halogens is 2. The Bertz CT molecular complexity index is 456. The molecule has 1 aromatic rings. The van der Waals surface area contributed by atoms with Crippen LogP contribution in [0, 0.1) is 6.92 Å². The van der Waals surface area contributed by atoms with E-state index in [1.54, 1.807) is 6.07 Å². The van der Waals surface area contributed by atoms with Gasteiger partial charge in [-0.25, -0.2) is 0 Å². The van der Waals surface area contributed by atoms with Crippen LogP contribution in [0.25, 0.3) is 0 Å². The van der Waals surface area contributed by atoms with Crippen molar-refractivity contribution in [2.75, 3.05) is 0 Å². The molecular formula is C15H18Cl2O2. The maximum absolute atomic E-state index is 10.9. The van der Waals surface area contributed by atoms with E-state index in [2.05, 4.69) is 0 Å². The summed E-state index contributed by atoms with van der Waals surface area (Å²) in [6.07, 6.45) is 6.13. The quantitative estimate of drug-likeness (QED) is 0.792. The number of hydrogen-bond acceptors (Lipinski definition) is 1. The minimum atomic E-state index is -1.04. The third kappa shape index (κ3) is 3.24. The van der Waals surface area contributed by atoms with Gasteiger partial charge in [0.15, 0.2) is 5.38 Å². The van der Waals surface area contributed by atoms with E-state index in [0.29, 0.717) is 16.5 Å². The van der Waals surface area contributed by atoms with Crippen LogP contribution in [0.4, 0.5) is 0 Å². The molecule has 1 N–H and O–H groups in total. The number of benzene rings is 1. The molecule has 0 radical (unpaired) electrons. The highest BCUT2D eigenvalue weighted by Crippen LogP contribution is 2.39. The molecule has 1 unspecified atom stereocenters. The number of carboxylic acid groups (broad SMARTS) is 1. The van der Waals surface area contributed by atoms with Crippen LogP contribution in [-0.2, 0) is 4.79 Å². The molecule has 1 saturated carbocycles. The van der Waals surface area contributed by atoms with Crippen molar-refractivity contribution in [3.05, 3.63) is 33.8 Å². The van der Waals surface area contributed by atoms with E-state index in [1.807, 2.05) is 13.0 Å². The van der Waals surface area contributed by atoms with Crippen LogP contribution in [0.1, 0.15) is 60.1 Å². The van der Waals surface area contributed by atoms with Gasteiger partial charge in [-0.1, -0.05) is 36.9 Å². The van der Waals surface area contributed by atoms with Gasteiger partial charge in [-0.3, -0.25) is 4.79 Å². The van der Waals surface area contributed by atoms with Gasteiger partial charge in [0.05, 0.1) is 0 Å². The Morgan fingerprint density at radius 2 is 1.95 bits per heavy atom. The van der Waals surface area contributed by atoms with Gasteiger partial charge in [-0.15, -0.1) is 11.6 Å². The largest absolute Gasteiger partial charge is 0.480 e. The fraction of sp³-hybridized carbons (Fsp3) is 0.533. The van der Waals surface area contributed by atoms with Gasteiger partial charge in [0.25, 0.3) is 0 Å². The van der Waals surface area contributed by atoms with E-state index < -0.39 is 11.3 Å². The monoisotopic (exact) mass is 300 g/mol. The Morgan fingerprint density at radius 1 is 1.32 bits per heavy atom. The highest BCUT2D eigenvalue weighted by atomic mass is 35.5. The highest BCUT2D eigenvalue weighted by molar-refractivity contribution is 6.32. The minimum Gasteiger partial charge on any atom is -0.480 e. The lowest BCUT2D eigenvalue weighted by molar-refractivity contribution is -0.136. The molecule has 1 fully saturated rings. The van der Waals surface area contributed by atoms with Crippen LogP contribution >= 0.6 is 23.2 Å². The summed E-state index contributed by atoms with van der Waals surface area (Å²) in [5.41, 5.74) is 2.80. The predicted molar refractivity (Wildman–Crippen MR) is 78.2 cm³/mol. The van der Waals surface area contributed by atoms with E-state index in [0.717, 1.165) is 5.56 Å². The zero-order valence-corrected chi connectivity index (χ0v) is 12.5. The van der Waals surface area contributed by atoms with Gasteiger partial charge in [-0.2, -0.15) is 0 Å². The first kappa shape index (κ1) is 14.7. The summed E-state index contributed by atoms with van der Waals surface area (Å²) in [5, 5.41) is 8.59. The number of carboxylic acids is 1. The van der Waals surface area contributed by atoms with Gasteiger partial charge in [0, 0.05) is 5.02 Å². The molecule has 104 valence electrons. The summed E-state index contributed by atoms with van der Waals surface area (Å²) < 4.78 is 0. The van der Waals surface area contributed by atoms with Gasteiger partial charge < -0.3 is 5.11 Å². The maximum Gasteiger partial charge on any atom is 0.326 e. The molecule has 0 spiro atoms. The van der Waals surface area contributed by atoms with Crippen molar-refractivity contribution >= 4 is 29.2 Å². The van der Waals surface area contributed by atoms with E-state index in [1.165, 1.54) is 37.7 Å². The van der Waals surface area contributed by atoms with Crippen LogP contribution in [-0.4, -0.2) is 11.1 Å². The third-order valence-corrected chi connectivity index (χ3v) is 4.63. The van der Waals surface area contributed by atoms with Crippen molar-refractivity contribution in [2.24, 2.45) is 0 Å². The first-order valence-corrected chi connectivity index (χ1v) is 7.49. The molecule has 0 saturated heterocycles. The summed E-state index contributed by atoms with van der Waals surface area (Å²) in [6.45, 7) is 1.99. The molecule has 0 aromatic heterocycles. The second kappa shape index (κ2) is 6.15. The fourth-order valence-corrected chi connectivity index (χ4v) is 3.53. The Morgan fingerprint density at radius 3 is 2.47 bits per heavy atom. The lowest BCUT2D eigenvalue weighted by Gasteiger charge is -2.25. The Labute approximate surface area is 123 Å². The van der Waals surface area contributed by atoms with Gasteiger partial charge in [-0.05, 0) is 48.4 Å². The number of hydrogen-bond donors (Lipinski definition) is 1. The lowest BCUT2D eigenvalue weighted by atomic mass is 9.82. The number of aliphatic carboxylic acids is 1. The van der Waals surface area contributed by atoms with Gasteiger partial charge >= 0.3 is 5.97 Å². The molecule has 19 heavy (non-hydrogen) atoms. The van der Waals surface area contributed by atoms with Crippen molar-refractivity contribution in [1.29, 1.82) is 0 Å². The summed E-state index contributed by atoms with van der Waals surface area (Å²) in [7, 11) is 0. The smallest absolute Gasteiger partial charge is 0.326 e. The molecule has 2 rings (SSSR count). The van der Waals surface area contributed by atoms with Crippen LogP contribution in [0.3, 0.4) is 0 Å². The summed E-state index contributed by atoms with van der Waals surface area (Å²) in [4.78, 5) is 10.9. The Balaban J connectivity index is 2.34. The normalized spacial score (nSPS) is 18.3. The SMILES string of the molecule is Cc1cc(C(Cl)C(=O)O)cc(Cl)c1C1CCCCC1. The number of alkyl halides is 1. The average molecular weight is 301 g/mol. The van der Waals surface area contributed by atoms with Crippen molar-refractivity contribution in [1.82, 2.24) is 0 Å². The minimum absolute atomic E-state index is 0.508. The van der Waals surface area contributed by atoms with Gasteiger partial charge in [0.2, 0.25) is 0 Å². The van der Waals surface area contributed by atoms with Crippen molar-refractivity contribution in [3.63, 3.8) is 0 Å². The van der Waals surface area contributed by atoms with Crippen molar-refractivity contribution in [2.45, 2.75) is 50.3 Å². The predicted octanol–water partition coefficient (Wildman–Crippen LogP) is 5.06. The molecule has 1 atom stereocenters. The summed E-state index contributed by atoms with van der Waals surface area (Å²) >= 11 is 12.2. The van der Waals surface area contributed by atoms with Gasteiger partial charge in [0.1, 0.15) is 0 Å². The third-order valence-electron chi connectivity index (χ3n) is 3.88. The van der Waals surface area contributed by atoms with E-state index in [-0.39, 0.29) is 0 Å². The average Bonchev–Trinajstić information content (AvgIpc) is 2.38. The second-order valence-electron chi connectivity index (χ2n) is 5.27. The van der Waals surface area contributed by atoms with E-state index in [4.69, 9.17) is 28.3 Å². The summed E-state index contributed by atoms with van der Waals surface area (Å²) in [5.74, 6) is -0.531. The Kier molecular flexibility index (Phi) is 4.75. The van der Waals surface area contributed by atoms with Crippen LogP contribution in [0.15, 0.2) is 12.1 Å². The topological polar surface area (TPSA) is 37.3 Å². The zero-order valence-electron chi connectivity index (χ0n) is 11.0. The highest BCUT2D eigenvalue weighted by Gasteiger charge is 2.23. The van der Waals surface area contributed by atoms with E-state index >= 15 is 0 Å². The Hall–Kier alpha value is -0.730. The molecule has 2 nitrogen and oxygen atoms in total. The maximum atomic E-state index is 10.9. The van der Waals surface area contributed by atoms with Crippen molar-refractivity contribution < 1.29 is 9.90 Å². The van der Waals surface area contributed by atoms with Crippen LogP contribution < -0.4 is 0 Å². The first-order valence-electron chi connectivity index (χ1n) is 6.67. The number of aryl methyl sites for hydroxylation is 1. The first-order chi connectivity index (χ1) is 9.00. The van der Waals surface area contributed by atoms with Crippen LogP contribution in [0.5, 0.6) is 0 Å². The molecule has 1 aliphatic rings. The lowest BCUT2D eigenvalue weighted by Crippen LogP contribution is -2.10. The summed E-state index contributed by atoms with van der Waals surface area (Å²) in [6, 6.07) is 3.58. The molecule has 4 heteroatoms. The molecule has 0 amide bonds. The molecule has 0 heterocycles. The molecule has 1 aliphatic carbocycles. The fourth-order valence-electron chi connectivity index (χ4n) is 2.98. The van der Waals surface area contributed by atoms with Crippen molar-refractivity contribution in [3.8, 4) is 0 Å². The van der Waals surface area contributed by atoms with Crippen LogP contribution in [0.2, 0.25) is 5.02 Å². The standard InChI is InChI=1S/C15H18Cl2O2/c1-9-7-11(14(17)15(18)19)8-12(16)13(9)10-5-3-2-4-6-10/h7-8,10,14H,2-6H2,1H3,(H,18,19). The van der Waals surface area contributed by atoms with E-state index in [9.17, 15) is 4.79 Å². The molecule has 0 bridgehead atoms. The number of rotatable bonds is 3. The number of carbonyl (C=O) groups is 1. The molecule has 1 aromatic carbocycles. The molecular weight excluding hydrogens is 283 g/mol. The molecule has 0 aliphatic heterocycles.